The first kappa shape index (κ1) is 16.1. The van der Waals surface area contributed by atoms with Gasteiger partial charge in [0.15, 0.2) is 0 Å². The van der Waals surface area contributed by atoms with Crippen LogP contribution in [0.5, 0.6) is 0 Å². The largest absolute Gasteiger partial charge is 0.468 e. The number of carbonyl (C=O) groups excluding carboxylic acids is 1. The number of nitrogens with one attached hydrogen (secondary N) is 2. The first-order chi connectivity index (χ1) is 10.6. The molecule has 1 aromatic heterocycles. The third-order valence-corrected chi connectivity index (χ3v) is 3.60. The van der Waals surface area contributed by atoms with Gasteiger partial charge in [-0.15, -0.1) is 0 Å². The summed E-state index contributed by atoms with van der Waals surface area (Å²) in [6.07, 6.45) is 1.64. The van der Waals surface area contributed by atoms with Crippen LogP contribution in [0.25, 0.3) is 0 Å². The van der Waals surface area contributed by atoms with E-state index in [1.165, 1.54) is 0 Å². The fraction of sp³-hybridized carbons (Fsp3) is 0.353. The number of furan rings is 1. The Hall–Kier alpha value is -2.27. The summed E-state index contributed by atoms with van der Waals surface area (Å²) in [5.74, 6) is 0.835. The van der Waals surface area contributed by atoms with Crippen molar-refractivity contribution in [2.24, 2.45) is 0 Å². The van der Waals surface area contributed by atoms with Gasteiger partial charge in [-0.25, -0.2) is 4.79 Å². The molecule has 1 aromatic carbocycles. The Morgan fingerprint density at radius 3 is 2.50 bits per heavy atom. The summed E-state index contributed by atoms with van der Waals surface area (Å²) < 4.78 is 5.43. The molecule has 2 unspecified atom stereocenters. The van der Waals surface area contributed by atoms with Crippen LogP contribution in [-0.4, -0.2) is 31.6 Å². The van der Waals surface area contributed by atoms with Gasteiger partial charge in [0, 0.05) is 6.54 Å². The molecule has 0 aliphatic carbocycles. The summed E-state index contributed by atoms with van der Waals surface area (Å²) in [4.78, 5) is 14.1. The minimum atomic E-state index is -0.185. The molecule has 0 fully saturated rings. The maximum atomic E-state index is 12.1. The Kier molecular flexibility index (Phi) is 5.61. The fourth-order valence-corrected chi connectivity index (χ4v) is 2.28. The van der Waals surface area contributed by atoms with Gasteiger partial charge >= 0.3 is 6.03 Å². The van der Waals surface area contributed by atoms with Gasteiger partial charge in [0.25, 0.3) is 0 Å². The highest BCUT2D eigenvalue weighted by Gasteiger charge is 2.18. The monoisotopic (exact) mass is 301 g/mol. The molecule has 2 N–H and O–H groups in total. The summed E-state index contributed by atoms with van der Waals surface area (Å²) in [6, 6.07) is 13.4. The zero-order chi connectivity index (χ0) is 15.9. The number of rotatable bonds is 6. The van der Waals surface area contributed by atoms with Crippen molar-refractivity contribution in [2.75, 3.05) is 20.6 Å². The van der Waals surface area contributed by atoms with Crippen molar-refractivity contribution in [3.05, 3.63) is 60.1 Å². The first-order valence-corrected chi connectivity index (χ1v) is 7.37. The lowest BCUT2D eigenvalue weighted by Gasteiger charge is -2.23. The van der Waals surface area contributed by atoms with E-state index < -0.39 is 0 Å². The molecular formula is C17H23N3O2. The van der Waals surface area contributed by atoms with Gasteiger partial charge in [0.2, 0.25) is 0 Å². The van der Waals surface area contributed by atoms with E-state index in [2.05, 4.69) is 10.6 Å². The van der Waals surface area contributed by atoms with Gasteiger partial charge in [0.05, 0.1) is 18.3 Å². The molecule has 22 heavy (non-hydrogen) atoms. The van der Waals surface area contributed by atoms with E-state index >= 15 is 0 Å². The summed E-state index contributed by atoms with van der Waals surface area (Å²) in [7, 11) is 3.92. The molecule has 0 spiro atoms. The predicted molar refractivity (Wildman–Crippen MR) is 86.5 cm³/mol. The molecule has 1 heterocycles. The van der Waals surface area contributed by atoms with Crippen molar-refractivity contribution in [1.82, 2.24) is 15.5 Å². The van der Waals surface area contributed by atoms with Crippen molar-refractivity contribution in [3.8, 4) is 0 Å². The van der Waals surface area contributed by atoms with Crippen LogP contribution in [0.3, 0.4) is 0 Å². The third kappa shape index (κ3) is 4.36. The summed E-state index contributed by atoms with van der Waals surface area (Å²) in [5, 5.41) is 5.84. The Morgan fingerprint density at radius 1 is 1.18 bits per heavy atom. The molecule has 0 bridgehead atoms. The van der Waals surface area contributed by atoms with Crippen molar-refractivity contribution in [1.29, 1.82) is 0 Å². The Balaban J connectivity index is 1.86. The van der Waals surface area contributed by atoms with Crippen LogP contribution in [0.2, 0.25) is 0 Å². The summed E-state index contributed by atoms with van der Waals surface area (Å²) >= 11 is 0. The molecule has 0 radical (unpaired) electrons. The Labute approximate surface area is 131 Å². The topological polar surface area (TPSA) is 57.5 Å². The second-order valence-corrected chi connectivity index (χ2v) is 5.48. The average Bonchev–Trinajstić information content (AvgIpc) is 3.02. The van der Waals surface area contributed by atoms with Crippen molar-refractivity contribution in [3.63, 3.8) is 0 Å². The molecule has 5 nitrogen and oxygen atoms in total. The first-order valence-electron chi connectivity index (χ1n) is 7.37. The maximum absolute atomic E-state index is 12.1. The normalized spacial score (nSPS) is 13.6. The van der Waals surface area contributed by atoms with E-state index in [9.17, 15) is 4.79 Å². The lowest BCUT2D eigenvalue weighted by molar-refractivity contribution is 0.223. The van der Waals surface area contributed by atoms with Gasteiger partial charge < -0.3 is 15.1 Å². The summed E-state index contributed by atoms with van der Waals surface area (Å²) in [6.45, 7) is 2.44. The van der Waals surface area contributed by atoms with Crippen molar-refractivity contribution in [2.45, 2.75) is 19.0 Å². The number of carbonyl (C=O) groups is 1. The van der Waals surface area contributed by atoms with E-state index in [0.717, 1.165) is 11.3 Å². The van der Waals surface area contributed by atoms with E-state index in [4.69, 9.17) is 4.42 Å². The standard InChI is InChI=1S/C17H23N3O2/c1-13(14-8-5-4-6-9-14)19-17(21)18-12-15(20(2)3)16-10-7-11-22-16/h4-11,13,15H,12H2,1-3H3,(H2,18,19,21). The van der Waals surface area contributed by atoms with Gasteiger partial charge in [-0.05, 0) is 38.7 Å². The third-order valence-electron chi connectivity index (χ3n) is 3.60. The molecule has 2 amide bonds. The highest BCUT2D eigenvalue weighted by molar-refractivity contribution is 5.74. The Morgan fingerprint density at radius 2 is 1.91 bits per heavy atom. The van der Waals surface area contributed by atoms with Crippen LogP contribution in [0.4, 0.5) is 4.79 Å². The number of benzene rings is 1. The van der Waals surface area contributed by atoms with Gasteiger partial charge in [-0.1, -0.05) is 30.3 Å². The van der Waals surface area contributed by atoms with E-state index in [-0.39, 0.29) is 18.1 Å². The number of likely N-dealkylation sites (N-methyl/N-ethyl adjacent to an activating group) is 1. The van der Waals surface area contributed by atoms with Crippen LogP contribution in [0.15, 0.2) is 53.1 Å². The van der Waals surface area contributed by atoms with Crippen LogP contribution in [0, 0.1) is 0 Å². The highest BCUT2D eigenvalue weighted by Crippen LogP contribution is 2.17. The molecule has 0 saturated carbocycles. The lowest BCUT2D eigenvalue weighted by atomic mass is 10.1. The average molecular weight is 301 g/mol. The molecule has 118 valence electrons. The SMILES string of the molecule is CC(NC(=O)NCC(c1ccco1)N(C)C)c1ccccc1. The number of hydrogen-bond donors (Lipinski definition) is 2. The number of amides is 2. The number of nitrogens with zero attached hydrogens (tertiary/aromatic N) is 1. The van der Waals surface area contributed by atoms with Crippen LogP contribution >= 0.6 is 0 Å². The predicted octanol–water partition coefficient (Wildman–Crippen LogP) is 2.94. The maximum Gasteiger partial charge on any atom is 0.315 e. The molecule has 2 atom stereocenters. The number of urea groups is 1. The van der Waals surface area contributed by atoms with Gasteiger partial charge in [0.1, 0.15) is 5.76 Å². The lowest BCUT2D eigenvalue weighted by Crippen LogP contribution is -2.41. The molecule has 2 aromatic rings. The zero-order valence-corrected chi connectivity index (χ0v) is 13.2. The minimum Gasteiger partial charge on any atom is -0.468 e. The molecule has 5 heteroatoms. The zero-order valence-electron chi connectivity index (χ0n) is 13.2. The fourth-order valence-electron chi connectivity index (χ4n) is 2.28. The summed E-state index contributed by atoms with van der Waals surface area (Å²) in [5.41, 5.74) is 1.08. The smallest absolute Gasteiger partial charge is 0.315 e. The van der Waals surface area contributed by atoms with E-state index in [1.54, 1.807) is 6.26 Å². The second-order valence-electron chi connectivity index (χ2n) is 5.48. The van der Waals surface area contributed by atoms with Gasteiger partial charge in [-0.3, -0.25) is 4.90 Å². The number of hydrogen-bond acceptors (Lipinski definition) is 3. The molecule has 0 saturated heterocycles. The highest BCUT2D eigenvalue weighted by atomic mass is 16.3. The second kappa shape index (κ2) is 7.66. The van der Waals surface area contributed by atoms with Crippen LogP contribution < -0.4 is 10.6 Å². The molecule has 0 aliphatic rings. The molecule has 0 aliphatic heterocycles. The van der Waals surface area contributed by atoms with E-state index in [0.29, 0.717) is 6.54 Å². The van der Waals surface area contributed by atoms with Crippen LogP contribution in [-0.2, 0) is 0 Å². The Bertz CT molecular complexity index is 567. The van der Waals surface area contributed by atoms with Crippen molar-refractivity contribution < 1.29 is 9.21 Å². The molecule has 2 rings (SSSR count). The van der Waals surface area contributed by atoms with Crippen LogP contribution in [0.1, 0.15) is 30.3 Å². The quantitative estimate of drug-likeness (QED) is 0.862. The van der Waals surface area contributed by atoms with Gasteiger partial charge in [-0.2, -0.15) is 0 Å². The molecular weight excluding hydrogens is 278 g/mol. The van der Waals surface area contributed by atoms with Crippen molar-refractivity contribution >= 4 is 6.03 Å². The van der Waals surface area contributed by atoms with E-state index in [1.807, 2.05) is 68.4 Å². The minimum absolute atomic E-state index is 0.00721.